The van der Waals surface area contributed by atoms with Gasteiger partial charge >= 0.3 is 0 Å². The third kappa shape index (κ3) is 2.01. The van der Waals surface area contributed by atoms with Gasteiger partial charge in [-0.15, -0.1) is 0 Å². The van der Waals surface area contributed by atoms with Crippen molar-refractivity contribution in [3.63, 3.8) is 0 Å². The number of alkyl halides is 2. The van der Waals surface area contributed by atoms with Gasteiger partial charge in [-0.05, 0) is 12.5 Å². The van der Waals surface area contributed by atoms with Gasteiger partial charge < -0.3 is 10.5 Å². The monoisotopic (exact) mass is 201 g/mol. The second-order valence-corrected chi connectivity index (χ2v) is 3.06. The number of rotatable bonds is 3. The topological polar surface area (TPSA) is 35.2 Å². The summed E-state index contributed by atoms with van der Waals surface area (Å²) in [6.45, 7) is 1.79. The Kier molecular flexibility index (Phi) is 3.41. The van der Waals surface area contributed by atoms with Gasteiger partial charge in [0.05, 0.1) is 13.2 Å². The lowest BCUT2D eigenvalue weighted by atomic mass is 10.0. The molecule has 1 aromatic rings. The Morgan fingerprint density at radius 1 is 1.36 bits per heavy atom. The standard InChI is InChI=1S/C10H13F2NO/c1-6-4-3-5-7(9(6)14-2)8(13)10(11)12/h3-5,8,10H,13H2,1-2H3. The van der Waals surface area contributed by atoms with Gasteiger partial charge in [0.15, 0.2) is 0 Å². The molecule has 1 atom stereocenters. The molecule has 0 fully saturated rings. The van der Waals surface area contributed by atoms with Crippen molar-refractivity contribution in [2.75, 3.05) is 7.11 Å². The molecule has 0 bridgehead atoms. The van der Waals surface area contributed by atoms with Crippen molar-refractivity contribution in [2.45, 2.75) is 19.4 Å². The maximum Gasteiger partial charge on any atom is 0.257 e. The average Bonchev–Trinajstić information content (AvgIpc) is 2.16. The van der Waals surface area contributed by atoms with E-state index in [1.165, 1.54) is 7.11 Å². The normalized spacial score (nSPS) is 13.0. The summed E-state index contributed by atoms with van der Waals surface area (Å²) in [7, 11) is 1.45. The number of methoxy groups -OCH3 is 1. The summed E-state index contributed by atoms with van der Waals surface area (Å²) >= 11 is 0. The zero-order chi connectivity index (χ0) is 10.7. The number of hydrogen-bond donors (Lipinski definition) is 1. The second-order valence-electron chi connectivity index (χ2n) is 3.06. The number of aryl methyl sites for hydroxylation is 1. The van der Waals surface area contributed by atoms with E-state index in [-0.39, 0.29) is 0 Å². The second kappa shape index (κ2) is 4.37. The molecule has 0 aromatic heterocycles. The lowest BCUT2D eigenvalue weighted by Crippen LogP contribution is -2.19. The highest BCUT2D eigenvalue weighted by molar-refractivity contribution is 5.42. The van der Waals surface area contributed by atoms with Crippen molar-refractivity contribution in [1.29, 1.82) is 0 Å². The first-order chi connectivity index (χ1) is 6.57. The van der Waals surface area contributed by atoms with E-state index in [1.54, 1.807) is 25.1 Å². The van der Waals surface area contributed by atoms with Crippen LogP contribution in [-0.4, -0.2) is 13.5 Å². The van der Waals surface area contributed by atoms with Crippen molar-refractivity contribution in [2.24, 2.45) is 5.73 Å². The summed E-state index contributed by atoms with van der Waals surface area (Å²) in [4.78, 5) is 0. The van der Waals surface area contributed by atoms with Crippen LogP contribution in [0, 0.1) is 6.92 Å². The van der Waals surface area contributed by atoms with E-state index in [0.29, 0.717) is 11.3 Å². The van der Waals surface area contributed by atoms with E-state index in [0.717, 1.165) is 5.56 Å². The molecule has 2 N–H and O–H groups in total. The van der Waals surface area contributed by atoms with Gasteiger partial charge in [-0.3, -0.25) is 0 Å². The van der Waals surface area contributed by atoms with Gasteiger partial charge in [0.2, 0.25) is 0 Å². The molecule has 1 aromatic carbocycles. The quantitative estimate of drug-likeness (QED) is 0.814. The summed E-state index contributed by atoms with van der Waals surface area (Å²) in [5.41, 5.74) is 6.51. The molecule has 1 rings (SSSR count). The first-order valence-electron chi connectivity index (χ1n) is 4.25. The molecule has 0 aliphatic carbocycles. The smallest absolute Gasteiger partial charge is 0.257 e. The molecule has 0 saturated heterocycles. The number of nitrogens with two attached hydrogens (primary N) is 1. The Hall–Kier alpha value is -1.16. The molecular formula is C10H13F2NO. The highest BCUT2D eigenvalue weighted by Gasteiger charge is 2.21. The van der Waals surface area contributed by atoms with E-state index in [1.807, 2.05) is 0 Å². The van der Waals surface area contributed by atoms with Gasteiger partial charge in [0.1, 0.15) is 5.75 Å². The molecule has 0 aliphatic rings. The number of halogens is 2. The zero-order valence-electron chi connectivity index (χ0n) is 8.13. The van der Waals surface area contributed by atoms with Crippen molar-refractivity contribution in [1.82, 2.24) is 0 Å². The molecule has 14 heavy (non-hydrogen) atoms. The van der Waals surface area contributed by atoms with Crippen LogP contribution in [0.2, 0.25) is 0 Å². The van der Waals surface area contributed by atoms with Gasteiger partial charge in [-0.2, -0.15) is 0 Å². The van der Waals surface area contributed by atoms with Crippen LogP contribution in [0.1, 0.15) is 17.2 Å². The maximum atomic E-state index is 12.4. The third-order valence-corrected chi connectivity index (χ3v) is 2.08. The first-order valence-corrected chi connectivity index (χ1v) is 4.25. The van der Waals surface area contributed by atoms with Gasteiger partial charge in [-0.25, -0.2) is 8.78 Å². The van der Waals surface area contributed by atoms with Gasteiger partial charge in [0, 0.05) is 5.56 Å². The molecule has 0 aliphatic heterocycles. The van der Waals surface area contributed by atoms with Crippen LogP contribution in [0.25, 0.3) is 0 Å². The van der Waals surface area contributed by atoms with Crippen molar-refractivity contribution < 1.29 is 13.5 Å². The van der Waals surface area contributed by atoms with E-state index in [9.17, 15) is 8.78 Å². The molecule has 78 valence electrons. The molecule has 0 spiro atoms. The molecule has 2 nitrogen and oxygen atoms in total. The lowest BCUT2D eigenvalue weighted by Gasteiger charge is -2.16. The Morgan fingerprint density at radius 2 is 2.00 bits per heavy atom. The highest BCUT2D eigenvalue weighted by atomic mass is 19.3. The van der Waals surface area contributed by atoms with Crippen LogP contribution in [0.3, 0.4) is 0 Å². The van der Waals surface area contributed by atoms with Gasteiger partial charge in [-0.1, -0.05) is 18.2 Å². The summed E-state index contributed by atoms with van der Waals surface area (Å²) in [6.07, 6.45) is -2.58. The van der Waals surface area contributed by atoms with Crippen LogP contribution in [0.4, 0.5) is 8.78 Å². The number of benzene rings is 1. The first kappa shape index (κ1) is 10.9. The summed E-state index contributed by atoms with van der Waals surface area (Å²) < 4.78 is 29.8. The van der Waals surface area contributed by atoms with E-state index >= 15 is 0 Å². The van der Waals surface area contributed by atoms with Crippen LogP contribution >= 0.6 is 0 Å². The summed E-state index contributed by atoms with van der Waals surface area (Å²) in [6, 6.07) is 3.75. The predicted molar refractivity (Wildman–Crippen MR) is 50.7 cm³/mol. The Bertz CT molecular complexity index is 315. The maximum absolute atomic E-state index is 12.4. The molecule has 0 heterocycles. The Morgan fingerprint density at radius 3 is 2.50 bits per heavy atom. The minimum absolute atomic E-state index is 0.350. The fraction of sp³-hybridized carbons (Fsp3) is 0.400. The summed E-state index contributed by atoms with van der Waals surface area (Å²) in [5.74, 6) is 0.445. The number of ether oxygens (including phenoxy) is 1. The molecule has 0 amide bonds. The number of hydrogen-bond acceptors (Lipinski definition) is 2. The minimum Gasteiger partial charge on any atom is -0.496 e. The van der Waals surface area contributed by atoms with E-state index in [2.05, 4.69) is 0 Å². The molecule has 0 radical (unpaired) electrons. The molecule has 4 heteroatoms. The predicted octanol–water partition coefficient (Wildman–Crippen LogP) is 2.27. The molecule has 1 unspecified atom stereocenters. The number of para-hydroxylation sites is 1. The van der Waals surface area contributed by atoms with Crippen LogP contribution in [0.15, 0.2) is 18.2 Å². The Labute approximate surface area is 81.7 Å². The van der Waals surface area contributed by atoms with Gasteiger partial charge in [0.25, 0.3) is 6.43 Å². The van der Waals surface area contributed by atoms with Crippen LogP contribution < -0.4 is 10.5 Å². The lowest BCUT2D eigenvalue weighted by molar-refractivity contribution is 0.115. The van der Waals surface area contributed by atoms with Crippen molar-refractivity contribution in [3.8, 4) is 5.75 Å². The fourth-order valence-electron chi connectivity index (χ4n) is 1.35. The third-order valence-electron chi connectivity index (χ3n) is 2.08. The van der Waals surface area contributed by atoms with Crippen molar-refractivity contribution in [3.05, 3.63) is 29.3 Å². The average molecular weight is 201 g/mol. The SMILES string of the molecule is COc1c(C)cccc1C(N)C(F)F. The fourth-order valence-corrected chi connectivity index (χ4v) is 1.35. The van der Waals surface area contributed by atoms with Crippen LogP contribution in [0.5, 0.6) is 5.75 Å². The Balaban J connectivity index is 3.13. The van der Waals surface area contributed by atoms with E-state index < -0.39 is 12.5 Å². The molecule has 0 saturated carbocycles. The van der Waals surface area contributed by atoms with Crippen LogP contribution in [-0.2, 0) is 0 Å². The summed E-state index contributed by atoms with van der Waals surface area (Å²) in [5, 5.41) is 0. The minimum atomic E-state index is -2.58. The van der Waals surface area contributed by atoms with Crippen molar-refractivity contribution >= 4 is 0 Å². The largest absolute Gasteiger partial charge is 0.496 e. The zero-order valence-corrected chi connectivity index (χ0v) is 8.13. The highest BCUT2D eigenvalue weighted by Crippen LogP contribution is 2.30. The van der Waals surface area contributed by atoms with E-state index in [4.69, 9.17) is 10.5 Å². The molecular weight excluding hydrogens is 188 g/mol.